The Labute approximate surface area is 170 Å². The van der Waals surface area contributed by atoms with Crippen LogP contribution in [0.25, 0.3) is 10.9 Å². The standard InChI is InChI=1S/C22H26N4O3/c1-24(2)21(25(3)18(15-27)12-16-8-5-4-6-9-16)13-17-14-23-19-10-7-11-20(22(17)19)26(28)29/h4-11,14-15,18,21,23H,12-13H2,1-3H3. The maximum atomic E-state index is 11.9. The molecule has 152 valence electrons. The van der Waals surface area contributed by atoms with Crippen LogP contribution in [0.4, 0.5) is 5.69 Å². The van der Waals surface area contributed by atoms with E-state index >= 15 is 0 Å². The smallest absolute Gasteiger partial charge is 0.279 e. The van der Waals surface area contributed by atoms with E-state index in [2.05, 4.69) is 4.98 Å². The highest BCUT2D eigenvalue weighted by atomic mass is 16.6. The van der Waals surface area contributed by atoms with E-state index in [1.165, 1.54) is 6.07 Å². The second-order valence-corrected chi connectivity index (χ2v) is 7.48. The summed E-state index contributed by atoms with van der Waals surface area (Å²) in [6, 6.07) is 14.6. The number of nitrogens with zero attached hydrogens (tertiary/aromatic N) is 3. The fraction of sp³-hybridized carbons (Fsp3) is 0.318. The van der Waals surface area contributed by atoms with Crippen molar-refractivity contribution < 1.29 is 9.72 Å². The summed E-state index contributed by atoms with van der Waals surface area (Å²) < 4.78 is 0. The number of benzene rings is 2. The van der Waals surface area contributed by atoms with E-state index in [9.17, 15) is 14.9 Å². The monoisotopic (exact) mass is 394 g/mol. The van der Waals surface area contributed by atoms with Crippen molar-refractivity contribution in [2.75, 3.05) is 21.1 Å². The Morgan fingerprint density at radius 1 is 1.07 bits per heavy atom. The van der Waals surface area contributed by atoms with Crippen molar-refractivity contribution in [3.05, 3.63) is 76.0 Å². The van der Waals surface area contributed by atoms with Crippen LogP contribution in [0.5, 0.6) is 0 Å². The van der Waals surface area contributed by atoms with Gasteiger partial charge in [0.25, 0.3) is 5.69 Å². The zero-order valence-electron chi connectivity index (χ0n) is 16.9. The van der Waals surface area contributed by atoms with E-state index in [0.29, 0.717) is 18.2 Å². The highest BCUT2D eigenvalue weighted by Crippen LogP contribution is 2.30. The lowest BCUT2D eigenvalue weighted by Gasteiger charge is -2.36. The molecule has 7 nitrogen and oxygen atoms in total. The molecule has 0 spiro atoms. The fourth-order valence-electron chi connectivity index (χ4n) is 3.80. The molecular formula is C22H26N4O3. The molecule has 3 rings (SSSR count). The number of aldehydes is 1. The van der Waals surface area contributed by atoms with Gasteiger partial charge in [-0.15, -0.1) is 0 Å². The van der Waals surface area contributed by atoms with Gasteiger partial charge in [-0.1, -0.05) is 36.4 Å². The number of nitro groups is 1. The number of aromatic nitrogens is 1. The number of H-pyrrole nitrogens is 1. The highest BCUT2D eigenvalue weighted by Gasteiger charge is 2.27. The van der Waals surface area contributed by atoms with Gasteiger partial charge in [-0.3, -0.25) is 19.9 Å². The first-order chi connectivity index (χ1) is 13.9. The molecule has 1 heterocycles. The zero-order chi connectivity index (χ0) is 21.0. The Morgan fingerprint density at radius 2 is 1.79 bits per heavy atom. The minimum atomic E-state index is -0.350. The lowest BCUT2D eigenvalue weighted by molar-refractivity contribution is -0.383. The topological polar surface area (TPSA) is 82.5 Å². The van der Waals surface area contributed by atoms with Crippen LogP contribution < -0.4 is 0 Å². The molecule has 7 heteroatoms. The van der Waals surface area contributed by atoms with Crippen LogP contribution in [0, 0.1) is 10.1 Å². The van der Waals surface area contributed by atoms with Crippen LogP contribution >= 0.6 is 0 Å². The largest absolute Gasteiger partial charge is 0.361 e. The van der Waals surface area contributed by atoms with Crippen molar-refractivity contribution in [2.45, 2.75) is 25.0 Å². The molecule has 29 heavy (non-hydrogen) atoms. The number of aromatic amines is 1. The number of hydrogen-bond donors (Lipinski definition) is 1. The van der Waals surface area contributed by atoms with Crippen molar-refractivity contribution in [3.8, 4) is 0 Å². The van der Waals surface area contributed by atoms with E-state index in [1.54, 1.807) is 6.07 Å². The molecule has 0 radical (unpaired) electrons. The van der Waals surface area contributed by atoms with Gasteiger partial charge in [0.2, 0.25) is 0 Å². The first-order valence-corrected chi connectivity index (χ1v) is 9.53. The lowest BCUT2D eigenvalue weighted by atomic mass is 10.0. The third kappa shape index (κ3) is 4.52. The molecule has 0 aliphatic rings. The van der Waals surface area contributed by atoms with E-state index in [0.717, 1.165) is 22.9 Å². The summed E-state index contributed by atoms with van der Waals surface area (Å²) in [7, 11) is 5.83. The van der Waals surface area contributed by atoms with Gasteiger partial charge in [0, 0.05) is 18.7 Å². The normalized spacial score (nSPS) is 13.7. The fourth-order valence-corrected chi connectivity index (χ4v) is 3.80. The van der Waals surface area contributed by atoms with Gasteiger partial charge in [-0.25, -0.2) is 0 Å². The molecule has 0 aliphatic carbocycles. The van der Waals surface area contributed by atoms with Crippen LogP contribution in [-0.4, -0.2) is 59.3 Å². The van der Waals surface area contributed by atoms with Crippen LogP contribution in [0.15, 0.2) is 54.7 Å². The molecule has 0 saturated heterocycles. The van der Waals surface area contributed by atoms with Crippen LogP contribution in [-0.2, 0) is 17.6 Å². The Balaban J connectivity index is 1.89. The minimum absolute atomic E-state index is 0.0927. The van der Waals surface area contributed by atoms with Gasteiger partial charge in [0.1, 0.15) is 6.29 Å². The average Bonchev–Trinajstić information content (AvgIpc) is 3.13. The molecule has 2 atom stereocenters. The molecule has 2 unspecified atom stereocenters. The van der Waals surface area contributed by atoms with Crippen LogP contribution in [0.2, 0.25) is 0 Å². The maximum Gasteiger partial charge on any atom is 0.279 e. The second-order valence-electron chi connectivity index (χ2n) is 7.48. The van der Waals surface area contributed by atoms with Gasteiger partial charge in [0.05, 0.1) is 28.0 Å². The molecule has 1 N–H and O–H groups in total. The number of non-ortho nitro benzene ring substituents is 1. The molecule has 0 saturated carbocycles. The number of fused-ring (bicyclic) bond motifs is 1. The highest BCUT2D eigenvalue weighted by molar-refractivity contribution is 5.91. The molecule has 0 amide bonds. The molecule has 0 bridgehead atoms. The van der Waals surface area contributed by atoms with Crippen LogP contribution in [0.1, 0.15) is 11.1 Å². The van der Waals surface area contributed by atoms with Gasteiger partial charge >= 0.3 is 0 Å². The van der Waals surface area contributed by atoms with Crippen LogP contribution in [0.3, 0.4) is 0 Å². The minimum Gasteiger partial charge on any atom is -0.361 e. The Hall–Kier alpha value is -3.03. The SMILES string of the molecule is CN(C)C(Cc1c[nH]c2cccc([N+](=O)[O-])c12)N(C)C(C=O)Cc1ccccc1. The van der Waals surface area contributed by atoms with Gasteiger partial charge < -0.3 is 9.78 Å². The third-order valence-electron chi connectivity index (χ3n) is 5.40. The number of hydrogen-bond acceptors (Lipinski definition) is 5. The Morgan fingerprint density at radius 3 is 2.41 bits per heavy atom. The van der Waals surface area contributed by atoms with Gasteiger partial charge in [-0.05, 0) is 44.8 Å². The summed E-state index contributed by atoms with van der Waals surface area (Å²) in [6.07, 6.45) is 3.86. The predicted octanol–water partition coefficient (Wildman–Crippen LogP) is 3.25. The summed E-state index contributed by atoms with van der Waals surface area (Å²) in [6.45, 7) is 0. The van der Waals surface area contributed by atoms with Gasteiger partial charge in [-0.2, -0.15) is 0 Å². The molecular weight excluding hydrogens is 368 g/mol. The molecule has 0 aliphatic heterocycles. The van der Waals surface area contributed by atoms with E-state index < -0.39 is 0 Å². The number of likely N-dealkylation sites (N-methyl/N-ethyl adjacent to an activating group) is 2. The molecule has 0 fully saturated rings. The summed E-state index contributed by atoms with van der Waals surface area (Å²) in [5.41, 5.74) is 2.79. The first kappa shape index (κ1) is 20.7. The molecule has 1 aromatic heterocycles. The summed E-state index contributed by atoms with van der Waals surface area (Å²) in [4.78, 5) is 30.2. The van der Waals surface area contributed by atoms with Crippen molar-refractivity contribution >= 4 is 22.9 Å². The van der Waals surface area contributed by atoms with Crippen molar-refractivity contribution in [3.63, 3.8) is 0 Å². The Bertz CT molecular complexity index is 984. The Kier molecular flexibility index (Phi) is 6.41. The number of carbonyl (C=O) groups is 1. The first-order valence-electron chi connectivity index (χ1n) is 9.53. The number of nitrogens with one attached hydrogen (secondary N) is 1. The summed E-state index contributed by atoms with van der Waals surface area (Å²) in [5.74, 6) is 0. The quantitative estimate of drug-likeness (QED) is 0.261. The van der Waals surface area contributed by atoms with E-state index in [1.807, 2.05) is 73.5 Å². The third-order valence-corrected chi connectivity index (χ3v) is 5.40. The van der Waals surface area contributed by atoms with Crippen molar-refractivity contribution in [2.24, 2.45) is 0 Å². The van der Waals surface area contributed by atoms with E-state index in [4.69, 9.17) is 0 Å². The zero-order valence-corrected chi connectivity index (χ0v) is 16.9. The number of rotatable bonds is 9. The lowest BCUT2D eigenvalue weighted by Crippen LogP contribution is -2.50. The van der Waals surface area contributed by atoms with Crippen molar-refractivity contribution in [1.29, 1.82) is 0 Å². The number of nitro benzene ring substituents is 1. The summed E-state index contributed by atoms with van der Waals surface area (Å²) in [5, 5.41) is 12.1. The molecule has 3 aromatic rings. The molecule has 2 aromatic carbocycles. The second kappa shape index (κ2) is 8.98. The predicted molar refractivity (Wildman–Crippen MR) is 114 cm³/mol. The van der Waals surface area contributed by atoms with Gasteiger partial charge in [0.15, 0.2) is 0 Å². The maximum absolute atomic E-state index is 11.9. The van der Waals surface area contributed by atoms with E-state index in [-0.39, 0.29) is 22.8 Å². The van der Waals surface area contributed by atoms with Crippen molar-refractivity contribution in [1.82, 2.24) is 14.8 Å². The number of carbonyl (C=O) groups excluding carboxylic acids is 1. The average molecular weight is 394 g/mol. The summed E-state index contributed by atoms with van der Waals surface area (Å²) >= 11 is 0.